The van der Waals surface area contributed by atoms with Crippen LogP contribution in [0.4, 0.5) is 5.82 Å². The molecule has 2 rings (SSSR count). The van der Waals surface area contributed by atoms with Crippen molar-refractivity contribution >= 4 is 5.82 Å². The van der Waals surface area contributed by atoms with Crippen molar-refractivity contribution in [3.63, 3.8) is 0 Å². The van der Waals surface area contributed by atoms with Gasteiger partial charge < -0.3 is 4.90 Å². The molecule has 3 heteroatoms. The van der Waals surface area contributed by atoms with Gasteiger partial charge >= 0.3 is 0 Å². The normalized spacial score (nSPS) is 17.2. The Morgan fingerprint density at radius 1 is 1.21 bits per heavy atom. The maximum Gasteiger partial charge on any atom is 0.128 e. The highest BCUT2D eigenvalue weighted by atomic mass is 15.3. The SMILES string of the molecule is [CH2]CCc1ccc(N2CCN(CC(C)C)CC2)nc1. The van der Waals surface area contributed by atoms with E-state index in [2.05, 4.69) is 47.7 Å². The smallest absolute Gasteiger partial charge is 0.128 e. The Labute approximate surface area is 117 Å². The van der Waals surface area contributed by atoms with Crippen LogP contribution in [0.25, 0.3) is 0 Å². The molecule has 1 radical (unpaired) electrons. The van der Waals surface area contributed by atoms with Crippen LogP contribution in [0.1, 0.15) is 25.8 Å². The molecule has 2 heterocycles. The van der Waals surface area contributed by atoms with Gasteiger partial charge in [-0.3, -0.25) is 4.90 Å². The van der Waals surface area contributed by atoms with Gasteiger partial charge in [-0.25, -0.2) is 4.98 Å². The molecule has 1 fully saturated rings. The first-order chi connectivity index (χ1) is 9.19. The third kappa shape index (κ3) is 4.20. The average Bonchev–Trinajstić information content (AvgIpc) is 2.40. The Kier molecular flexibility index (Phi) is 5.20. The second kappa shape index (κ2) is 6.90. The first kappa shape index (κ1) is 14.3. The number of piperazine rings is 1. The highest BCUT2D eigenvalue weighted by Crippen LogP contribution is 2.15. The summed E-state index contributed by atoms with van der Waals surface area (Å²) < 4.78 is 0. The molecule has 3 nitrogen and oxygen atoms in total. The molecule has 19 heavy (non-hydrogen) atoms. The van der Waals surface area contributed by atoms with E-state index in [1.54, 1.807) is 0 Å². The van der Waals surface area contributed by atoms with Crippen LogP contribution in [0.2, 0.25) is 0 Å². The van der Waals surface area contributed by atoms with E-state index in [1.165, 1.54) is 12.1 Å². The standard InChI is InChI=1S/C16H26N3/c1-4-5-15-6-7-16(17-12-15)19-10-8-18(9-11-19)13-14(2)3/h6-7,12,14H,1,4-5,8-11,13H2,2-3H3. The minimum Gasteiger partial charge on any atom is -0.354 e. The van der Waals surface area contributed by atoms with E-state index in [0.29, 0.717) is 0 Å². The van der Waals surface area contributed by atoms with Gasteiger partial charge in [-0.2, -0.15) is 0 Å². The average molecular weight is 260 g/mol. The first-order valence-corrected chi connectivity index (χ1v) is 7.40. The van der Waals surface area contributed by atoms with Crippen molar-refractivity contribution in [2.45, 2.75) is 26.7 Å². The molecule has 0 amide bonds. The fraction of sp³-hybridized carbons (Fsp3) is 0.625. The monoisotopic (exact) mass is 260 g/mol. The Bertz CT molecular complexity index is 364. The molecule has 1 aromatic rings. The zero-order valence-corrected chi connectivity index (χ0v) is 12.3. The maximum atomic E-state index is 4.59. The molecule has 0 bridgehead atoms. The van der Waals surface area contributed by atoms with E-state index >= 15 is 0 Å². The number of aromatic nitrogens is 1. The molecule has 105 valence electrons. The van der Waals surface area contributed by atoms with Crippen LogP contribution in [0.15, 0.2) is 18.3 Å². The summed E-state index contributed by atoms with van der Waals surface area (Å²) in [4.78, 5) is 9.53. The summed E-state index contributed by atoms with van der Waals surface area (Å²) in [5, 5.41) is 0. The maximum absolute atomic E-state index is 4.59. The van der Waals surface area contributed by atoms with Crippen LogP contribution in [0.5, 0.6) is 0 Å². The van der Waals surface area contributed by atoms with Crippen LogP contribution >= 0.6 is 0 Å². The van der Waals surface area contributed by atoms with Crippen molar-refractivity contribution in [1.29, 1.82) is 0 Å². The van der Waals surface area contributed by atoms with Crippen LogP contribution in [-0.2, 0) is 6.42 Å². The fourth-order valence-electron chi connectivity index (χ4n) is 2.63. The molecule has 0 aliphatic carbocycles. The summed E-state index contributed by atoms with van der Waals surface area (Å²) in [6.45, 7) is 14.2. The molecule has 1 aliphatic heterocycles. The zero-order valence-electron chi connectivity index (χ0n) is 12.3. The van der Waals surface area contributed by atoms with Crippen molar-refractivity contribution in [2.24, 2.45) is 5.92 Å². The van der Waals surface area contributed by atoms with E-state index in [0.717, 1.165) is 50.8 Å². The zero-order chi connectivity index (χ0) is 13.7. The van der Waals surface area contributed by atoms with Gasteiger partial charge in [-0.05, 0) is 30.4 Å². The van der Waals surface area contributed by atoms with Gasteiger partial charge in [0.2, 0.25) is 0 Å². The summed E-state index contributed by atoms with van der Waals surface area (Å²) in [5.74, 6) is 1.88. The second-order valence-corrected chi connectivity index (χ2v) is 5.81. The van der Waals surface area contributed by atoms with Gasteiger partial charge in [-0.1, -0.05) is 26.8 Å². The van der Waals surface area contributed by atoms with Gasteiger partial charge in [0.05, 0.1) is 0 Å². The molecule has 0 spiro atoms. The summed E-state index contributed by atoms with van der Waals surface area (Å²) >= 11 is 0. The number of aryl methyl sites for hydroxylation is 1. The lowest BCUT2D eigenvalue weighted by atomic mass is 10.1. The van der Waals surface area contributed by atoms with Gasteiger partial charge in [0, 0.05) is 38.9 Å². The fourth-order valence-corrected chi connectivity index (χ4v) is 2.63. The van der Waals surface area contributed by atoms with Crippen molar-refractivity contribution in [2.75, 3.05) is 37.6 Å². The van der Waals surface area contributed by atoms with Crippen molar-refractivity contribution < 1.29 is 0 Å². The number of rotatable bonds is 5. The lowest BCUT2D eigenvalue weighted by Gasteiger charge is -2.36. The van der Waals surface area contributed by atoms with Gasteiger partial charge in [0.1, 0.15) is 5.82 Å². The Morgan fingerprint density at radius 2 is 1.95 bits per heavy atom. The van der Waals surface area contributed by atoms with E-state index in [9.17, 15) is 0 Å². The van der Waals surface area contributed by atoms with E-state index in [4.69, 9.17) is 0 Å². The molecule has 0 unspecified atom stereocenters. The van der Waals surface area contributed by atoms with Crippen LogP contribution in [0, 0.1) is 12.8 Å². The van der Waals surface area contributed by atoms with E-state index in [1.807, 2.05) is 6.20 Å². The van der Waals surface area contributed by atoms with Gasteiger partial charge in [0.25, 0.3) is 0 Å². The lowest BCUT2D eigenvalue weighted by Crippen LogP contribution is -2.47. The van der Waals surface area contributed by atoms with Crippen molar-refractivity contribution in [1.82, 2.24) is 9.88 Å². The largest absolute Gasteiger partial charge is 0.354 e. The Hall–Kier alpha value is -1.09. The molecule has 1 saturated heterocycles. The number of nitrogens with zero attached hydrogens (tertiary/aromatic N) is 3. The summed E-state index contributed by atoms with van der Waals surface area (Å²) in [6.07, 6.45) is 3.96. The topological polar surface area (TPSA) is 19.4 Å². The molecule has 0 saturated carbocycles. The van der Waals surface area contributed by atoms with Crippen molar-refractivity contribution in [3.8, 4) is 0 Å². The number of hydrogen-bond acceptors (Lipinski definition) is 3. The summed E-state index contributed by atoms with van der Waals surface area (Å²) in [6, 6.07) is 4.34. The third-order valence-corrected chi connectivity index (χ3v) is 3.59. The second-order valence-electron chi connectivity index (χ2n) is 5.81. The summed E-state index contributed by atoms with van der Waals surface area (Å²) in [5.41, 5.74) is 1.29. The minimum atomic E-state index is 0.756. The highest BCUT2D eigenvalue weighted by molar-refractivity contribution is 5.39. The first-order valence-electron chi connectivity index (χ1n) is 7.40. The molecular formula is C16H26N3. The minimum absolute atomic E-state index is 0.756. The Morgan fingerprint density at radius 3 is 2.47 bits per heavy atom. The molecule has 0 N–H and O–H groups in total. The third-order valence-electron chi connectivity index (χ3n) is 3.59. The molecule has 1 aliphatic rings. The lowest BCUT2D eigenvalue weighted by molar-refractivity contribution is 0.231. The van der Waals surface area contributed by atoms with Crippen LogP contribution in [-0.4, -0.2) is 42.6 Å². The quantitative estimate of drug-likeness (QED) is 0.811. The Balaban J connectivity index is 1.87. The van der Waals surface area contributed by atoms with E-state index in [-0.39, 0.29) is 0 Å². The molecule has 1 aromatic heterocycles. The number of pyridine rings is 1. The number of anilines is 1. The number of hydrogen-bond donors (Lipinski definition) is 0. The van der Waals surface area contributed by atoms with E-state index < -0.39 is 0 Å². The predicted octanol–water partition coefficient (Wildman–Crippen LogP) is 2.63. The molecule has 0 aromatic carbocycles. The highest BCUT2D eigenvalue weighted by Gasteiger charge is 2.18. The van der Waals surface area contributed by atoms with Gasteiger partial charge in [-0.15, -0.1) is 0 Å². The van der Waals surface area contributed by atoms with Crippen molar-refractivity contribution in [3.05, 3.63) is 30.8 Å². The van der Waals surface area contributed by atoms with Crippen LogP contribution < -0.4 is 4.90 Å². The molecule has 0 atom stereocenters. The summed E-state index contributed by atoms with van der Waals surface area (Å²) in [7, 11) is 0. The van der Waals surface area contributed by atoms with Crippen LogP contribution in [0.3, 0.4) is 0 Å². The molecular weight excluding hydrogens is 234 g/mol. The van der Waals surface area contributed by atoms with Gasteiger partial charge in [0.15, 0.2) is 0 Å². The predicted molar refractivity (Wildman–Crippen MR) is 81.4 cm³/mol.